The number of hydrogen-bond acceptors (Lipinski definition) is 7. The molecule has 4 rings (SSSR count). The number of carbonyl (C=O) groups excluding carboxylic acids is 2. The van der Waals surface area contributed by atoms with Gasteiger partial charge in [-0.3, -0.25) is 13.9 Å². The second kappa shape index (κ2) is 11.0. The standard InChI is InChI=1S/C24H29N3O7S/c1-2-35(30,31)27(17-9-10-21-22(14-17)34-13-12-33-21)16-23(28)26-20-8-4-3-7-19(20)24(29)25-15-18-6-5-11-32-18/h3-4,7-10,14,18H,2,5-6,11-13,15-16H2,1H3,(H,25,29)(H,26,28)/t18-/m1/s1. The molecular formula is C24H29N3O7S. The summed E-state index contributed by atoms with van der Waals surface area (Å²) in [5, 5.41) is 5.52. The lowest BCUT2D eigenvalue weighted by Crippen LogP contribution is -2.39. The van der Waals surface area contributed by atoms with Crippen molar-refractivity contribution in [3.05, 3.63) is 48.0 Å². The number of nitrogens with zero attached hydrogens (tertiary/aromatic N) is 1. The fraction of sp³-hybridized carbons (Fsp3) is 0.417. The van der Waals surface area contributed by atoms with Crippen molar-refractivity contribution in [2.24, 2.45) is 0 Å². The van der Waals surface area contributed by atoms with E-state index in [0.29, 0.717) is 43.6 Å². The minimum absolute atomic E-state index is 0.0143. The molecule has 0 spiro atoms. The van der Waals surface area contributed by atoms with E-state index in [9.17, 15) is 18.0 Å². The van der Waals surface area contributed by atoms with Crippen molar-refractivity contribution in [2.75, 3.05) is 48.3 Å². The molecule has 2 aliphatic rings. The molecule has 1 saturated heterocycles. The number of para-hydroxylation sites is 1. The van der Waals surface area contributed by atoms with E-state index in [-0.39, 0.29) is 29.0 Å². The normalized spacial score (nSPS) is 17.0. The van der Waals surface area contributed by atoms with Crippen molar-refractivity contribution < 1.29 is 32.2 Å². The molecule has 0 radical (unpaired) electrons. The molecule has 0 aromatic heterocycles. The number of benzene rings is 2. The Bertz CT molecular complexity index is 1180. The first-order valence-corrected chi connectivity index (χ1v) is 13.2. The predicted molar refractivity (Wildman–Crippen MR) is 131 cm³/mol. The van der Waals surface area contributed by atoms with Crippen LogP contribution in [0, 0.1) is 0 Å². The molecule has 2 aromatic rings. The highest BCUT2D eigenvalue weighted by Gasteiger charge is 2.26. The highest BCUT2D eigenvalue weighted by Crippen LogP contribution is 2.35. The van der Waals surface area contributed by atoms with Crippen molar-refractivity contribution >= 4 is 33.2 Å². The van der Waals surface area contributed by atoms with Gasteiger partial charge < -0.3 is 24.8 Å². The van der Waals surface area contributed by atoms with Crippen LogP contribution in [-0.4, -0.2) is 65.0 Å². The second-order valence-corrected chi connectivity index (χ2v) is 10.4. The predicted octanol–water partition coefficient (Wildman–Crippen LogP) is 2.16. The van der Waals surface area contributed by atoms with E-state index in [1.165, 1.54) is 6.92 Å². The van der Waals surface area contributed by atoms with Gasteiger partial charge in [-0.15, -0.1) is 0 Å². The molecule has 2 N–H and O–H groups in total. The number of carbonyl (C=O) groups is 2. The van der Waals surface area contributed by atoms with Crippen molar-refractivity contribution in [1.29, 1.82) is 0 Å². The van der Waals surface area contributed by atoms with Gasteiger partial charge in [0.25, 0.3) is 5.91 Å². The van der Waals surface area contributed by atoms with Gasteiger partial charge in [-0.2, -0.15) is 0 Å². The summed E-state index contributed by atoms with van der Waals surface area (Å²) in [5.74, 6) is -0.200. The number of nitrogens with one attached hydrogen (secondary N) is 2. The van der Waals surface area contributed by atoms with E-state index >= 15 is 0 Å². The Morgan fingerprint density at radius 2 is 1.83 bits per heavy atom. The first-order valence-electron chi connectivity index (χ1n) is 11.6. The number of ether oxygens (including phenoxy) is 3. The third kappa shape index (κ3) is 6.04. The monoisotopic (exact) mass is 503 g/mol. The number of rotatable bonds is 9. The average molecular weight is 504 g/mol. The average Bonchev–Trinajstić information content (AvgIpc) is 3.39. The van der Waals surface area contributed by atoms with Gasteiger partial charge in [-0.1, -0.05) is 12.1 Å². The third-order valence-electron chi connectivity index (χ3n) is 5.76. The number of amides is 2. The number of anilines is 2. The Balaban J connectivity index is 1.49. The van der Waals surface area contributed by atoms with Gasteiger partial charge in [0.1, 0.15) is 19.8 Å². The molecule has 2 amide bonds. The van der Waals surface area contributed by atoms with Crippen LogP contribution in [0.1, 0.15) is 30.1 Å². The van der Waals surface area contributed by atoms with Crippen LogP contribution in [0.5, 0.6) is 11.5 Å². The van der Waals surface area contributed by atoms with Crippen LogP contribution in [-0.2, 0) is 19.6 Å². The van der Waals surface area contributed by atoms with Gasteiger partial charge in [0.15, 0.2) is 11.5 Å². The smallest absolute Gasteiger partial charge is 0.253 e. The van der Waals surface area contributed by atoms with Crippen LogP contribution in [0.2, 0.25) is 0 Å². The summed E-state index contributed by atoms with van der Waals surface area (Å²) in [6.45, 7) is 2.87. The molecule has 2 aromatic carbocycles. The Hall–Kier alpha value is -3.31. The lowest BCUT2D eigenvalue weighted by molar-refractivity contribution is -0.114. The van der Waals surface area contributed by atoms with E-state index in [0.717, 1.165) is 17.1 Å². The summed E-state index contributed by atoms with van der Waals surface area (Å²) in [6, 6.07) is 11.3. The van der Waals surface area contributed by atoms with Crippen molar-refractivity contribution in [3.63, 3.8) is 0 Å². The van der Waals surface area contributed by atoms with Crippen LogP contribution in [0.25, 0.3) is 0 Å². The van der Waals surface area contributed by atoms with Gasteiger partial charge >= 0.3 is 0 Å². The summed E-state index contributed by atoms with van der Waals surface area (Å²) in [4.78, 5) is 25.7. The summed E-state index contributed by atoms with van der Waals surface area (Å²) in [6.07, 6.45) is 1.84. The van der Waals surface area contributed by atoms with E-state index in [2.05, 4.69) is 10.6 Å². The summed E-state index contributed by atoms with van der Waals surface area (Å²) < 4.78 is 43.3. The largest absolute Gasteiger partial charge is 0.486 e. The zero-order valence-electron chi connectivity index (χ0n) is 19.5. The van der Waals surface area contributed by atoms with Crippen LogP contribution in [0.4, 0.5) is 11.4 Å². The highest BCUT2D eigenvalue weighted by molar-refractivity contribution is 7.92. The molecule has 35 heavy (non-hydrogen) atoms. The van der Waals surface area contributed by atoms with Crippen molar-refractivity contribution in [2.45, 2.75) is 25.9 Å². The maximum atomic E-state index is 13.0. The Morgan fingerprint density at radius 3 is 2.57 bits per heavy atom. The molecular weight excluding hydrogens is 474 g/mol. The zero-order valence-corrected chi connectivity index (χ0v) is 20.3. The van der Waals surface area contributed by atoms with Gasteiger partial charge in [0.05, 0.1) is 28.8 Å². The van der Waals surface area contributed by atoms with E-state index in [1.807, 2.05) is 0 Å². The van der Waals surface area contributed by atoms with Crippen molar-refractivity contribution in [3.8, 4) is 11.5 Å². The first kappa shape index (κ1) is 24.8. The molecule has 1 atom stereocenters. The lowest BCUT2D eigenvalue weighted by Gasteiger charge is -2.26. The van der Waals surface area contributed by atoms with E-state index < -0.39 is 22.5 Å². The fourth-order valence-electron chi connectivity index (χ4n) is 3.91. The van der Waals surface area contributed by atoms with Crippen LogP contribution < -0.4 is 24.4 Å². The molecule has 2 aliphatic heterocycles. The maximum Gasteiger partial charge on any atom is 0.253 e. The highest BCUT2D eigenvalue weighted by atomic mass is 32.2. The van der Waals surface area contributed by atoms with Gasteiger partial charge in [-0.25, -0.2) is 8.42 Å². The maximum absolute atomic E-state index is 13.0. The van der Waals surface area contributed by atoms with Crippen LogP contribution in [0.3, 0.4) is 0 Å². The zero-order chi connectivity index (χ0) is 24.8. The van der Waals surface area contributed by atoms with Gasteiger partial charge in [0.2, 0.25) is 15.9 Å². The molecule has 2 heterocycles. The summed E-state index contributed by atoms with van der Waals surface area (Å²) in [7, 11) is -3.79. The SMILES string of the molecule is CCS(=O)(=O)N(CC(=O)Nc1ccccc1C(=O)NC[C@H]1CCCO1)c1ccc2c(c1)OCCO2. The van der Waals surface area contributed by atoms with Crippen LogP contribution >= 0.6 is 0 Å². The van der Waals surface area contributed by atoms with Gasteiger partial charge in [-0.05, 0) is 44.0 Å². The fourth-order valence-corrected chi connectivity index (χ4v) is 4.97. The molecule has 1 fully saturated rings. The number of sulfonamides is 1. The third-order valence-corrected chi connectivity index (χ3v) is 7.50. The summed E-state index contributed by atoms with van der Waals surface area (Å²) >= 11 is 0. The number of hydrogen-bond donors (Lipinski definition) is 2. The number of fused-ring (bicyclic) bond motifs is 1. The first-order chi connectivity index (χ1) is 16.9. The molecule has 0 unspecified atom stereocenters. The topological polar surface area (TPSA) is 123 Å². The summed E-state index contributed by atoms with van der Waals surface area (Å²) in [5.41, 5.74) is 0.857. The lowest BCUT2D eigenvalue weighted by atomic mass is 10.1. The Kier molecular flexibility index (Phi) is 7.76. The minimum atomic E-state index is -3.79. The minimum Gasteiger partial charge on any atom is -0.486 e. The van der Waals surface area contributed by atoms with Crippen molar-refractivity contribution in [1.82, 2.24) is 5.32 Å². The Morgan fingerprint density at radius 1 is 1.06 bits per heavy atom. The van der Waals surface area contributed by atoms with Gasteiger partial charge in [0, 0.05) is 19.2 Å². The second-order valence-electron chi connectivity index (χ2n) is 8.17. The van der Waals surface area contributed by atoms with E-state index in [4.69, 9.17) is 14.2 Å². The van der Waals surface area contributed by atoms with Crippen LogP contribution in [0.15, 0.2) is 42.5 Å². The molecule has 0 saturated carbocycles. The molecule has 0 bridgehead atoms. The quantitative estimate of drug-likeness (QED) is 0.538. The van der Waals surface area contributed by atoms with E-state index in [1.54, 1.807) is 42.5 Å². The Labute approximate surface area is 204 Å². The molecule has 10 nitrogen and oxygen atoms in total. The molecule has 0 aliphatic carbocycles. The molecule has 188 valence electrons. The molecule has 11 heteroatoms.